The maximum atomic E-state index is 10.6. The average molecular weight is 427 g/mol. The normalized spacial score (nSPS) is 21.4. The maximum Gasteiger partial charge on any atom is 0.183 e. The molecular formula is C22H30N6OS. The van der Waals surface area contributed by atoms with Crippen LogP contribution in [0.1, 0.15) is 50.2 Å². The van der Waals surface area contributed by atoms with Crippen LogP contribution in [0.15, 0.2) is 24.5 Å². The van der Waals surface area contributed by atoms with Gasteiger partial charge in [0, 0.05) is 18.7 Å². The number of nitrogen functional groups attached to an aromatic ring is 1. The van der Waals surface area contributed by atoms with E-state index >= 15 is 0 Å². The highest BCUT2D eigenvalue weighted by Gasteiger charge is 2.33. The number of aromatic nitrogens is 3. The van der Waals surface area contributed by atoms with Gasteiger partial charge in [-0.05, 0) is 55.2 Å². The van der Waals surface area contributed by atoms with Crippen molar-refractivity contribution >= 4 is 38.3 Å². The third-order valence-electron chi connectivity index (χ3n) is 5.96. The fraction of sp³-hybridized carbons (Fsp3) is 0.500. The predicted octanol–water partition coefficient (Wildman–Crippen LogP) is 4.02. The monoisotopic (exact) mass is 426 g/mol. The van der Waals surface area contributed by atoms with Crippen LogP contribution in [-0.2, 0) is 6.42 Å². The zero-order valence-electron chi connectivity index (χ0n) is 17.7. The van der Waals surface area contributed by atoms with Gasteiger partial charge in [-0.1, -0.05) is 31.3 Å². The molecule has 0 saturated heterocycles. The number of nitrogens with zero attached hydrogens (tertiary/aromatic N) is 3. The molecule has 0 bridgehead atoms. The summed E-state index contributed by atoms with van der Waals surface area (Å²) in [5, 5.41) is 18.2. The van der Waals surface area contributed by atoms with Crippen molar-refractivity contribution in [1.82, 2.24) is 15.0 Å². The van der Waals surface area contributed by atoms with Gasteiger partial charge in [-0.3, -0.25) is 0 Å². The minimum absolute atomic E-state index is 0.191. The highest BCUT2D eigenvalue weighted by Crippen LogP contribution is 2.34. The molecule has 1 aliphatic rings. The Morgan fingerprint density at radius 2 is 2.10 bits per heavy atom. The Labute approximate surface area is 181 Å². The Morgan fingerprint density at radius 3 is 2.87 bits per heavy atom. The molecule has 160 valence electrons. The summed E-state index contributed by atoms with van der Waals surface area (Å²) in [6.45, 7) is 4.18. The predicted molar refractivity (Wildman–Crippen MR) is 124 cm³/mol. The Hall–Kier alpha value is -2.45. The van der Waals surface area contributed by atoms with E-state index in [1.807, 2.05) is 7.05 Å². The first-order valence-corrected chi connectivity index (χ1v) is 11.4. The van der Waals surface area contributed by atoms with Crippen molar-refractivity contribution in [3.05, 3.63) is 35.7 Å². The van der Waals surface area contributed by atoms with Gasteiger partial charge < -0.3 is 21.5 Å². The molecule has 4 rings (SSSR count). The minimum atomic E-state index is -0.303. The molecule has 1 aliphatic carbocycles. The Bertz CT molecular complexity index is 1020. The summed E-state index contributed by atoms with van der Waals surface area (Å²) in [6, 6.07) is 6.68. The number of aryl methyl sites for hydroxylation is 1. The number of nitrogens with two attached hydrogens (primary N) is 1. The molecule has 2 unspecified atom stereocenters. The number of anilines is 3. The molecule has 7 nitrogen and oxygen atoms in total. The first-order chi connectivity index (χ1) is 14.4. The van der Waals surface area contributed by atoms with E-state index in [2.05, 4.69) is 57.6 Å². The summed E-state index contributed by atoms with van der Waals surface area (Å²) in [6.07, 6.45) is 4.74. The molecular weight excluding hydrogens is 396 g/mol. The second kappa shape index (κ2) is 8.73. The fourth-order valence-electron chi connectivity index (χ4n) is 4.41. The third-order valence-corrected chi connectivity index (χ3v) is 7.01. The van der Waals surface area contributed by atoms with E-state index in [4.69, 9.17) is 5.73 Å². The van der Waals surface area contributed by atoms with Crippen molar-refractivity contribution in [1.29, 1.82) is 0 Å². The van der Waals surface area contributed by atoms with Gasteiger partial charge in [-0.2, -0.15) is 0 Å². The lowest BCUT2D eigenvalue weighted by Gasteiger charge is -2.19. The molecule has 5 N–H and O–H groups in total. The molecule has 0 radical (unpaired) electrons. The summed E-state index contributed by atoms with van der Waals surface area (Å²) in [4.78, 5) is 13.1. The molecule has 1 saturated carbocycles. The van der Waals surface area contributed by atoms with Crippen LogP contribution >= 0.6 is 11.3 Å². The van der Waals surface area contributed by atoms with Crippen LogP contribution in [0.5, 0.6) is 0 Å². The van der Waals surface area contributed by atoms with Crippen molar-refractivity contribution in [2.45, 2.75) is 57.6 Å². The van der Waals surface area contributed by atoms with E-state index in [1.165, 1.54) is 16.6 Å². The molecule has 8 heteroatoms. The van der Waals surface area contributed by atoms with Crippen molar-refractivity contribution in [2.24, 2.45) is 5.92 Å². The minimum Gasteiger partial charge on any atom is -0.393 e. The van der Waals surface area contributed by atoms with Gasteiger partial charge in [0.25, 0.3) is 0 Å². The topological polar surface area (TPSA) is 109 Å². The Kier molecular flexibility index (Phi) is 6.06. The van der Waals surface area contributed by atoms with E-state index in [1.54, 1.807) is 11.3 Å². The fourth-order valence-corrected chi connectivity index (χ4v) is 5.20. The highest BCUT2D eigenvalue weighted by molar-refractivity contribution is 7.22. The summed E-state index contributed by atoms with van der Waals surface area (Å²) in [5.74, 6) is 1.82. The standard InChI is InChI=1S/C22H30N6OS/c1-12(2)19-20(23)25-11-26-21(19)27-15-9-14(17(29)10-15)6-4-13-5-7-18-16(8-13)28-22(24-3)30-18/h5,7-8,11-12,14-15,17,29H,4,6,9-10H2,1-3H3,(H,24,28)(H3,23,25,26,27)/t14?,15?,17-/m0/s1. The van der Waals surface area contributed by atoms with E-state index in [0.29, 0.717) is 5.82 Å². The largest absolute Gasteiger partial charge is 0.393 e. The lowest BCUT2D eigenvalue weighted by Crippen LogP contribution is -2.19. The summed E-state index contributed by atoms with van der Waals surface area (Å²) in [5.41, 5.74) is 9.32. The van der Waals surface area contributed by atoms with Crippen LogP contribution in [0, 0.1) is 5.92 Å². The van der Waals surface area contributed by atoms with Gasteiger partial charge in [-0.15, -0.1) is 0 Å². The number of thiazole rings is 1. The molecule has 1 fully saturated rings. The summed E-state index contributed by atoms with van der Waals surface area (Å²) in [7, 11) is 1.89. The quantitative estimate of drug-likeness (QED) is 0.452. The van der Waals surface area contributed by atoms with Gasteiger partial charge in [0.15, 0.2) is 5.13 Å². The zero-order valence-corrected chi connectivity index (χ0v) is 18.5. The first kappa shape index (κ1) is 20.8. The molecule has 1 aromatic carbocycles. The van der Waals surface area contributed by atoms with E-state index < -0.39 is 0 Å². The SMILES string of the molecule is CNc1nc2cc(CCC3CC(Nc4ncnc(N)c4C(C)C)C[C@@H]3O)ccc2s1. The smallest absolute Gasteiger partial charge is 0.183 e. The average Bonchev–Trinajstić information content (AvgIpc) is 3.28. The highest BCUT2D eigenvalue weighted by atomic mass is 32.1. The summed E-state index contributed by atoms with van der Waals surface area (Å²) >= 11 is 1.67. The van der Waals surface area contributed by atoms with Crippen molar-refractivity contribution < 1.29 is 5.11 Å². The molecule has 3 atom stereocenters. The van der Waals surface area contributed by atoms with Crippen LogP contribution in [0.2, 0.25) is 0 Å². The zero-order chi connectivity index (χ0) is 21.3. The Morgan fingerprint density at radius 1 is 1.27 bits per heavy atom. The number of hydrogen-bond donors (Lipinski definition) is 4. The summed E-state index contributed by atoms with van der Waals surface area (Å²) < 4.78 is 1.19. The van der Waals surface area contributed by atoms with Crippen molar-refractivity contribution in [3.63, 3.8) is 0 Å². The van der Waals surface area contributed by atoms with Crippen LogP contribution in [0.25, 0.3) is 10.2 Å². The van der Waals surface area contributed by atoms with Crippen LogP contribution in [0.4, 0.5) is 16.8 Å². The van der Waals surface area contributed by atoms with Crippen molar-refractivity contribution in [3.8, 4) is 0 Å². The molecule has 0 spiro atoms. The van der Waals surface area contributed by atoms with Gasteiger partial charge in [-0.25, -0.2) is 15.0 Å². The molecule has 0 aliphatic heterocycles. The third kappa shape index (κ3) is 4.34. The van der Waals surface area contributed by atoms with Gasteiger partial charge in [0.2, 0.25) is 0 Å². The van der Waals surface area contributed by atoms with Gasteiger partial charge >= 0.3 is 0 Å². The second-order valence-corrected chi connectivity index (χ2v) is 9.46. The van der Waals surface area contributed by atoms with Crippen LogP contribution in [-0.4, -0.2) is 39.3 Å². The van der Waals surface area contributed by atoms with E-state index in [-0.39, 0.29) is 24.0 Å². The lowest BCUT2D eigenvalue weighted by molar-refractivity contribution is 0.128. The molecule has 2 aromatic heterocycles. The van der Waals surface area contributed by atoms with E-state index in [0.717, 1.165) is 47.7 Å². The number of benzene rings is 1. The number of hydrogen-bond acceptors (Lipinski definition) is 8. The second-order valence-electron chi connectivity index (χ2n) is 8.43. The van der Waals surface area contributed by atoms with Gasteiger partial charge in [0.1, 0.15) is 18.0 Å². The molecule has 2 heterocycles. The molecule has 3 aromatic rings. The maximum absolute atomic E-state index is 10.6. The number of aliphatic hydroxyl groups is 1. The van der Waals surface area contributed by atoms with Crippen molar-refractivity contribution in [2.75, 3.05) is 23.4 Å². The lowest BCUT2D eigenvalue weighted by atomic mass is 9.96. The molecule has 0 amide bonds. The number of aliphatic hydroxyl groups excluding tert-OH is 1. The molecule has 30 heavy (non-hydrogen) atoms. The number of nitrogens with one attached hydrogen (secondary N) is 2. The number of rotatable bonds is 7. The van der Waals surface area contributed by atoms with Crippen LogP contribution < -0.4 is 16.4 Å². The van der Waals surface area contributed by atoms with Crippen LogP contribution in [0.3, 0.4) is 0 Å². The first-order valence-electron chi connectivity index (χ1n) is 10.6. The number of fused-ring (bicyclic) bond motifs is 1. The van der Waals surface area contributed by atoms with Gasteiger partial charge in [0.05, 0.1) is 16.3 Å². The Balaban J connectivity index is 1.38. The van der Waals surface area contributed by atoms with E-state index in [9.17, 15) is 5.11 Å².